The molecule has 0 saturated carbocycles. The summed E-state index contributed by atoms with van der Waals surface area (Å²) in [6.45, 7) is 0.512. The topological polar surface area (TPSA) is 75.3 Å². The van der Waals surface area contributed by atoms with Crippen LogP contribution in [0.4, 0.5) is 5.69 Å². The Labute approximate surface area is 164 Å². The molecule has 2 heterocycles. The number of nitrogens with one attached hydrogen (secondary N) is 2. The minimum atomic E-state index is -3.66. The number of carbonyl (C=O) groups is 1. The third-order valence-electron chi connectivity index (χ3n) is 3.42. The van der Waals surface area contributed by atoms with Gasteiger partial charge in [0.25, 0.3) is 10.0 Å². The van der Waals surface area contributed by atoms with Gasteiger partial charge in [-0.3, -0.25) is 9.52 Å². The van der Waals surface area contributed by atoms with Gasteiger partial charge >= 0.3 is 0 Å². The molecule has 0 aliphatic rings. The summed E-state index contributed by atoms with van der Waals surface area (Å²) in [6.07, 6.45) is 0.235. The van der Waals surface area contributed by atoms with Gasteiger partial charge < -0.3 is 5.32 Å². The minimum absolute atomic E-state index is 0.0834. The van der Waals surface area contributed by atoms with Crippen LogP contribution in [0.25, 0.3) is 0 Å². The van der Waals surface area contributed by atoms with Gasteiger partial charge in [-0.05, 0) is 41.3 Å². The van der Waals surface area contributed by atoms with Crippen LogP contribution in [0.3, 0.4) is 0 Å². The number of hydrogen-bond donors (Lipinski definition) is 2. The second-order valence-corrected chi connectivity index (χ2v) is 10.1. The SMILES string of the molecule is O=C(Cc1ccc(NS(=O)(=O)c2ccc(Cl)s2)cc1)NCc1cccs1. The van der Waals surface area contributed by atoms with Crippen molar-refractivity contribution >= 4 is 55.9 Å². The van der Waals surface area contributed by atoms with Crippen LogP contribution in [0.2, 0.25) is 4.34 Å². The summed E-state index contributed by atoms with van der Waals surface area (Å²) in [7, 11) is -3.66. The van der Waals surface area contributed by atoms with Crippen molar-refractivity contribution in [3.8, 4) is 0 Å². The van der Waals surface area contributed by atoms with Crippen molar-refractivity contribution in [3.63, 3.8) is 0 Å². The lowest BCUT2D eigenvalue weighted by molar-refractivity contribution is -0.120. The van der Waals surface area contributed by atoms with E-state index in [0.29, 0.717) is 16.6 Å². The Morgan fingerprint density at radius 3 is 2.46 bits per heavy atom. The lowest BCUT2D eigenvalue weighted by Crippen LogP contribution is -2.24. The van der Waals surface area contributed by atoms with Crippen LogP contribution in [0.5, 0.6) is 0 Å². The number of sulfonamides is 1. The Bertz CT molecular complexity index is 981. The molecule has 0 saturated heterocycles. The Balaban J connectivity index is 1.57. The van der Waals surface area contributed by atoms with Gasteiger partial charge in [-0.1, -0.05) is 29.8 Å². The van der Waals surface area contributed by atoms with Gasteiger partial charge in [0.2, 0.25) is 5.91 Å². The van der Waals surface area contributed by atoms with Crippen molar-refractivity contribution in [3.05, 3.63) is 68.7 Å². The zero-order valence-corrected chi connectivity index (χ0v) is 16.6. The van der Waals surface area contributed by atoms with Crippen molar-refractivity contribution < 1.29 is 13.2 Å². The molecule has 1 amide bonds. The van der Waals surface area contributed by atoms with Crippen LogP contribution in [-0.2, 0) is 27.8 Å². The van der Waals surface area contributed by atoms with Gasteiger partial charge in [0.1, 0.15) is 4.21 Å². The first-order chi connectivity index (χ1) is 12.4. The molecule has 3 rings (SSSR count). The van der Waals surface area contributed by atoms with Crippen LogP contribution in [-0.4, -0.2) is 14.3 Å². The van der Waals surface area contributed by atoms with E-state index in [1.54, 1.807) is 41.7 Å². The number of amides is 1. The summed E-state index contributed by atoms with van der Waals surface area (Å²) in [4.78, 5) is 13.1. The largest absolute Gasteiger partial charge is 0.351 e. The lowest BCUT2D eigenvalue weighted by atomic mass is 10.1. The Kier molecular flexibility index (Phi) is 5.98. The molecule has 26 heavy (non-hydrogen) atoms. The molecule has 0 aliphatic heterocycles. The molecular formula is C17H15ClN2O3S3. The zero-order valence-electron chi connectivity index (χ0n) is 13.4. The molecule has 0 fully saturated rings. The second-order valence-electron chi connectivity index (χ2n) is 5.39. The first kappa shape index (κ1) is 18.9. The maximum Gasteiger partial charge on any atom is 0.271 e. The standard InChI is InChI=1S/C17H15ClN2O3S3/c18-15-7-8-17(25-15)26(22,23)20-13-5-3-12(4-6-13)10-16(21)19-11-14-2-1-9-24-14/h1-9,20H,10-11H2,(H,19,21). The number of rotatable bonds is 7. The molecule has 0 spiro atoms. The van der Waals surface area contributed by atoms with Crippen molar-refractivity contribution in [1.82, 2.24) is 5.32 Å². The summed E-state index contributed by atoms with van der Waals surface area (Å²) in [5.74, 6) is -0.0834. The third-order valence-corrected chi connectivity index (χ3v) is 7.40. The number of benzene rings is 1. The van der Waals surface area contributed by atoms with E-state index in [2.05, 4.69) is 10.0 Å². The van der Waals surface area contributed by atoms with Gasteiger partial charge in [0.15, 0.2) is 0 Å². The number of carbonyl (C=O) groups excluding carboxylic acids is 1. The Morgan fingerprint density at radius 2 is 1.85 bits per heavy atom. The fraction of sp³-hybridized carbons (Fsp3) is 0.118. The van der Waals surface area contributed by atoms with E-state index in [4.69, 9.17) is 11.6 Å². The molecule has 2 N–H and O–H groups in total. The normalized spacial score (nSPS) is 11.3. The van der Waals surface area contributed by atoms with Crippen molar-refractivity contribution in [2.45, 2.75) is 17.2 Å². The number of halogens is 1. The molecule has 0 aliphatic carbocycles. The van der Waals surface area contributed by atoms with Crippen molar-refractivity contribution in [2.24, 2.45) is 0 Å². The van der Waals surface area contributed by atoms with E-state index in [1.165, 1.54) is 6.07 Å². The molecule has 0 atom stereocenters. The molecule has 0 unspecified atom stereocenters. The fourth-order valence-corrected chi connectivity index (χ4v) is 5.37. The van der Waals surface area contributed by atoms with Crippen LogP contribution in [0.1, 0.15) is 10.4 Å². The molecule has 5 nitrogen and oxygen atoms in total. The highest BCUT2D eigenvalue weighted by atomic mass is 35.5. The highest BCUT2D eigenvalue weighted by molar-refractivity contribution is 7.94. The lowest BCUT2D eigenvalue weighted by Gasteiger charge is -2.08. The van der Waals surface area contributed by atoms with Gasteiger partial charge in [-0.25, -0.2) is 8.42 Å². The van der Waals surface area contributed by atoms with E-state index in [-0.39, 0.29) is 16.5 Å². The van der Waals surface area contributed by atoms with E-state index in [9.17, 15) is 13.2 Å². The molecule has 0 radical (unpaired) electrons. The first-order valence-corrected chi connectivity index (χ1v) is 11.1. The highest BCUT2D eigenvalue weighted by Crippen LogP contribution is 2.27. The first-order valence-electron chi connectivity index (χ1n) is 7.58. The van der Waals surface area contributed by atoms with Gasteiger partial charge in [0, 0.05) is 10.6 Å². The van der Waals surface area contributed by atoms with E-state index in [0.717, 1.165) is 21.8 Å². The van der Waals surface area contributed by atoms with E-state index >= 15 is 0 Å². The average Bonchev–Trinajstić information content (AvgIpc) is 3.26. The third kappa shape index (κ3) is 5.07. The summed E-state index contributed by atoms with van der Waals surface area (Å²) >= 11 is 8.37. The second kappa shape index (κ2) is 8.22. The van der Waals surface area contributed by atoms with Gasteiger partial charge in [-0.2, -0.15) is 0 Å². The van der Waals surface area contributed by atoms with Crippen LogP contribution in [0, 0.1) is 0 Å². The number of hydrogen-bond acceptors (Lipinski definition) is 5. The number of anilines is 1. The molecule has 136 valence electrons. The molecule has 2 aromatic heterocycles. The maximum absolute atomic E-state index is 12.3. The predicted octanol–water partition coefficient (Wildman–Crippen LogP) is 4.12. The quantitative estimate of drug-likeness (QED) is 0.596. The van der Waals surface area contributed by atoms with Crippen LogP contribution in [0.15, 0.2) is 58.1 Å². The molecule has 1 aromatic carbocycles. The highest BCUT2D eigenvalue weighted by Gasteiger charge is 2.16. The van der Waals surface area contributed by atoms with Gasteiger partial charge in [-0.15, -0.1) is 22.7 Å². The summed E-state index contributed by atoms with van der Waals surface area (Å²) in [5.41, 5.74) is 1.23. The summed E-state index contributed by atoms with van der Waals surface area (Å²) < 4.78 is 27.6. The maximum atomic E-state index is 12.3. The predicted molar refractivity (Wildman–Crippen MR) is 106 cm³/mol. The van der Waals surface area contributed by atoms with Gasteiger partial charge in [0.05, 0.1) is 17.3 Å². The minimum Gasteiger partial charge on any atom is -0.351 e. The van der Waals surface area contributed by atoms with Crippen LogP contribution < -0.4 is 10.0 Å². The smallest absolute Gasteiger partial charge is 0.271 e. The Morgan fingerprint density at radius 1 is 1.08 bits per heavy atom. The van der Waals surface area contributed by atoms with Crippen molar-refractivity contribution in [1.29, 1.82) is 0 Å². The Hall–Kier alpha value is -1.87. The molecule has 3 aromatic rings. The van der Waals surface area contributed by atoms with Crippen LogP contribution >= 0.6 is 34.3 Å². The van der Waals surface area contributed by atoms with E-state index in [1.807, 2.05) is 17.5 Å². The van der Waals surface area contributed by atoms with Crippen molar-refractivity contribution in [2.75, 3.05) is 4.72 Å². The molecular weight excluding hydrogens is 412 g/mol. The van der Waals surface area contributed by atoms with E-state index < -0.39 is 10.0 Å². The molecule has 0 bridgehead atoms. The summed E-state index contributed by atoms with van der Waals surface area (Å²) in [5, 5.41) is 4.82. The zero-order chi connectivity index (χ0) is 18.6. The monoisotopic (exact) mass is 426 g/mol. The number of thiophene rings is 2. The fourth-order valence-electron chi connectivity index (χ4n) is 2.18. The summed E-state index contributed by atoms with van der Waals surface area (Å²) in [6, 6.07) is 13.6. The molecule has 9 heteroatoms. The average molecular weight is 427 g/mol.